The molecule has 1 heterocycles. The van der Waals surface area contributed by atoms with Gasteiger partial charge in [-0.25, -0.2) is 0 Å². The summed E-state index contributed by atoms with van der Waals surface area (Å²) in [6.07, 6.45) is -3.85. The second-order valence-electron chi connectivity index (χ2n) is 6.86. The van der Waals surface area contributed by atoms with E-state index in [0.717, 1.165) is 17.1 Å². The van der Waals surface area contributed by atoms with Gasteiger partial charge < -0.3 is 21.3 Å². The van der Waals surface area contributed by atoms with Crippen molar-refractivity contribution in [1.29, 1.82) is 0 Å². The van der Waals surface area contributed by atoms with Crippen molar-refractivity contribution >= 4 is 28.7 Å². The van der Waals surface area contributed by atoms with Crippen molar-refractivity contribution in [1.82, 2.24) is 5.32 Å². The summed E-state index contributed by atoms with van der Waals surface area (Å²) in [5.41, 5.74) is 9.17. The molecule has 0 atom stereocenters. The maximum Gasteiger partial charge on any atom is 0.391 e. The van der Waals surface area contributed by atoms with E-state index in [-0.39, 0.29) is 18.7 Å². The van der Waals surface area contributed by atoms with E-state index in [9.17, 15) is 18.0 Å². The highest BCUT2D eigenvalue weighted by molar-refractivity contribution is 5.99. The van der Waals surface area contributed by atoms with Crippen molar-refractivity contribution < 1.29 is 18.0 Å². The van der Waals surface area contributed by atoms with Crippen LogP contribution in [0.3, 0.4) is 0 Å². The van der Waals surface area contributed by atoms with E-state index >= 15 is 0 Å². The normalized spacial score (nSPS) is 15.4. The van der Waals surface area contributed by atoms with Crippen LogP contribution >= 0.6 is 0 Å². The average molecular weight is 392 g/mol. The standard InChI is InChI=1S/C20H23F3N4O/c1-25-19(28)17-7-4-15(12-18(17)24)26-14-2-5-16(6-3-14)27-10-8-13(9-11-27)20(21,22)23/h2-7,12-13,26H,8-11,24H2,1H3,(H,25,28). The number of carbonyl (C=O) groups excluding carboxylic acids is 1. The molecule has 0 spiro atoms. The number of halogens is 3. The van der Waals surface area contributed by atoms with Gasteiger partial charge in [-0.3, -0.25) is 4.79 Å². The lowest BCUT2D eigenvalue weighted by Gasteiger charge is -2.34. The lowest BCUT2D eigenvalue weighted by Crippen LogP contribution is -2.38. The van der Waals surface area contributed by atoms with Crippen LogP contribution < -0.4 is 21.3 Å². The van der Waals surface area contributed by atoms with Crippen LogP contribution in [0, 0.1) is 5.92 Å². The number of piperidine rings is 1. The maximum absolute atomic E-state index is 12.8. The van der Waals surface area contributed by atoms with E-state index in [4.69, 9.17) is 5.73 Å². The van der Waals surface area contributed by atoms with Gasteiger partial charge in [-0.1, -0.05) is 0 Å². The van der Waals surface area contributed by atoms with Crippen LogP contribution in [0.5, 0.6) is 0 Å². The summed E-state index contributed by atoms with van der Waals surface area (Å²) in [6.45, 7) is 0.795. The van der Waals surface area contributed by atoms with Crippen LogP contribution in [0.2, 0.25) is 0 Å². The molecule has 0 aliphatic carbocycles. The van der Waals surface area contributed by atoms with Gasteiger partial charge in [0.05, 0.1) is 11.5 Å². The minimum Gasteiger partial charge on any atom is -0.398 e. The highest BCUT2D eigenvalue weighted by atomic mass is 19.4. The SMILES string of the molecule is CNC(=O)c1ccc(Nc2ccc(N3CCC(C(F)(F)F)CC3)cc2)cc1N. The summed E-state index contributed by atoms with van der Waals surface area (Å²) in [5.74, 6) is -1.45. The molecule has 1 saturated heterocycles. The second kappa shape index (κ2) is 8.00. The summed E-state index contributed by atoms with van der Waals surface area (Å²) >= 11 is 0. The lowest BCUT2D eigenvalue weighted by molar-refractivity contribution is -0.179. The molecule has 1 fully saturated rings. The third-order valence-electron chi connectivity index (χ3n) is 5.00. The zero-order valence-electron chi connectivity index (χ0n) is 15.5. The summed E-state index contributed by atoms with van der Waals surface area (Å²) in [7, 11) is 1.54. The molecule has 0 aromatic heterocycles. The Morgan fingerprint density at radius 1 is 1.07 bits per heavy atom. The van der Waals surface area contributed by atoms with E-state index in [1.165, 1.54) is 0 Å². The van der Waals surface area contributed by atoms with Crippen LogP contribution in [0.4, 0.5) is 35.9 Å². The molecule has 2 aromatic carbocycles. The van der Waals surface area contributed by atoms with Gasteiger partial charge in [0.1, 0.15) is 0 Å². The molecule has 1 aliphatic rings. The Bertz CT molecular complexity index is 828. The van der Waals surface area contributed by atoms with Gasteiger partial charge in [-0.15, -0.1) is 0 Å². The Kier molecular flexibility index (Phi) is 5.67. The Labute approximate surface area is 161 Å². The molecule has 1 amide bonds. The average Bonchev–Trinajstić information content (AvgIpc) is 2.67. The first-order chi connectivity index (χ1) is 13.3. The Morgan fingerprint density at radius 3 is 2.21 bits per heavy atom. The van der Waals surface area contributed by atoms with Gasteiger partial charge in [-0.2, -0.15) is 13.2 Å². The lowest BCUT2D eigenvalue weighted by atomic mass is 9.96. The second-order valence-corrected chi connectivity index (χ2v) is 6.86. The topological polar surface area (TPSA) is 70.4 Å². The molecule has 0 radical (unpaired) electrons. The number of anilines is 4. The molecule has 0 saturated carbocycles. The van der Waals surface area contributed by atoms with Gasteiger partial charge >= 0.3 is 6.18 Å². The fraction of sp³-hybridized carbons (Fsp3) is 0.350. The van der Waals surface area contributed by atoms with Crippen molar-refractivity contribution in [2.24, 2.45) is 5.92 Å². The van der Waals surface area contributed by atoms with Crippen LogP contribution in [-0.2, 0) is 0 Å². The Morgan fingerprint density at radius 2 is 1.68 bits per heavy atom. The number of alkyl halides is 3. The van der Waals surface area contributed by atoms with Crippen molar-refractivity contribution in [3.8, 4) is 0 Å². The van der Waals surface area contributed by atoms with E-state index in [2.05, 4.69) is 10.6 Å². The van der Waals surface area contributed by atoms with E-state index < -0.39 is 12.1 Å². The molecular weight excluding hydrogens is 369 g/mol. The molecule has 28 heavy (non-hydrogen) atoms. The number of hydrogen-bond acceptors (Lipinski definition) is 4. The molecule has 3 rings (SSSR count). The van der Waals surface area contributed by atoms with Crippen LogP contribution in [0.15, 0.2) is 42.5 Å². The number of rotatable bonds is 4. The third kappa shape index (κ3) is 4.49. The van der Waals surface area contributed by atoms with Gasteiger partial charge in [0.25, 0.3) is 5.91 Å². The van der Waals surface area contributed by atoms with Gasteiger partial charge in [0.2, 0.25) is 0 Å². The highest BCUT2D eigenvalue weighted by Crippen LogP contribution is 2.35. The van der Waals surface area contributed by atoms with Gasteiger partial charge in [-0.05, 0) is 55.3 Å². The highest BCUT2D eigenvalue weighted by Gasteiger charge is 2.41. The Hall–Kier alpha value is -2.90. The first-order valence-electron chi connectivity index (χ1n) is 9.08. The minimum absolute atomic E-state index is 0.125. The fourth-order valence-electron chi connectivity index (χ4n) is 3.37. The summed E-state index contributed by atoms with van der Waals surface area (Å²) in [4.78, 5) is 13.7. The molecule has 5 nitrogen and oxygen atoms in total. The van der Waals surface area contributed by atoms with Gasteiger partial charge in [0.15, 0.2) is 0 Å². The summed E-state index contributed by atoms with van der Waals surface area (Å²) in [5, 5.41) is 5.74. The molecule has 1 aliphatic heterocycles. The zero-order chi connectivity index (χ0) is 20.3. The molecule has 0 unspecified atom stereocenters. The third-order valence-corrected chi connectivity index (χ3v) is 5.00. The number of nitrogens with two attached hydrogens (primary N) is 1. The molecular formula is C20H23F3N4O. The van der Waals surface area contributed by atoms with Crippen molar-refractivity contribution in [3.63, 3.8) is 0 Å². The fourth-order valence-corrected chi connectivity index (χ4v) is 3.37. The van der Waals surface area contributed by atoms with Crippen molar-refractivity contribution in [2.45, 2.75) is 19.0 Å². The number of nitrogens with zero attached hydrogens (tertiary/aromatic N) is 1. The number of carbonyl (C=O) groups is 1. The maximum atomic E-state index is 12.8. The predicted octanol–water partition coefficient (Wildman–Crippen LogP) is 4.15. The smallest absolute Gasteiger partial charge is 0.391 e. The number of benzene rings is 2. The van der Waals surface area contributed by atoms with Gasteiger partial charge in [0, 0.05) is 42.9 Å². The molecule has 150 valence electrons. The first-order valence-corrected chi connectivity index (χ1v) is 9.08. The minimum atomic E-state index is -4.10. The van der Waals surface area contributed by atoms with E-state index in [1.807, 2.05) is 29.2 Å². The number of nitrogen functional groups attached to an aromatic ring is 1. The van der Waals surface area contributed by atoms with E-state index in [0.29, 0.717) is 24.3 Å². The first kappa shape index (κ1) is 19.9. The monoisotopic (exact) mass is 392 g/mol. The predicted molar refractivity (Wildman–Crippen MR) is 105 cm³/mol. The zero-order valence-corrected chi connectivity index (χ0v) is 15.5. The molecule has 0 bridgehead atoms. The molecule has 2 aromatic rings. The van der Waals surface area contributed by atoms with E-state index in [1.54, 1.807) is 25.2 Å². The number of amides is 1. The van der Waals surface area contributed by atoms with Crippen LogP contribution in [-0.4, -0.2) is 32.2 Å². The van der Waals surface area contributed by atoms with Crippen molar-refractivity contribution in [3.05, 3.63) is 48.0 Å². The number of nitrogens with one attached hydrogen (secondary N) is 2. The molecule has 8 heteroatoms. The molecule has 4 N–H and O–H groups in total. The van der Waals surface area contributed by atoms with Crippen LogP contribution in [0.25, 0.3) is 0 Å². The largest absolute Gasteiger partial charge is 0.398 e. The number of hydrogen-bond donors (Lipinski definition) is 3. The quantitative estimate of drug-likeness (QED) is 0.684. The van der Waals surface area contributed by atoms with Crippen LogP contribution in [0.1, 0.15) is 23.2 Å². The van der Waals surface area contributed by atoms with Crippen molar-refractivity contribution in [2.75, 3.05) is 36.1 Å². The Balaban J connectivity index is 1.62. The summed E-state index contributed by atoms with van der Waals surface area (Å²) < 4.78 is 38.4. The summed E-state index contributed by atoms with van der Waals surface area (Å²) in [6, 6.07) is 12.6.